The minimum absolute atomic E-state index is 0.00336. The average molecular weight is 594 g/mol. The minimum Gasteiger partial charge on any atom is -0.394 e. The SMILES string of the molecule is CCCCC/C=C\CCCCCC(O)CC(=O)NC(CO)C(O)/C=C/CCCCCCCCCCCCCCCCC. The molecule has 0 saturated heterocycles. The van der Waals surface area contributed by atoms with Crippen molar-refractivity contribution in [1.82, 2.24) is 5.32 Å². The Bertz CT molecular complexity index is 621. The van der Waals surface area contributed by atoms with Crippen molar-refractivity contribution >= 4 is 5.91 Å². The summed E-state index contributed by atoms with van der Waals surface area (Å²) in [6.07, 6.45) is 37.3. The van der Waals surface area contributed by atoms with E-state index in [1.807, 2.05) is 6.08 Å². The number of allylic oxidation sites excluding steroid dienone is 3. The maximum atomic E-state index is 12.3. The van der Waals surface area contributed by atoms with Gasteiger partial charge in [-0.05, 0) is 44.9 Å². The van der Waals surface area contributed by atoms with Gasteiger partial charge in [0.2, 0.25) is 5.91 Å². The van der Waals surface area contributed by atoms with Gasteiger partial charge < -0.3 is 20.6 Å². The van der Waals surface area contributed by atoms with Crippen molar-refractivity contribution in [2.45, 2.75) is 199 Å². The number of carbonyl (C=O) groups excluding carboxylic acids is 1. The smallest absolute Gasteiger partial charge is 0.222 e. The van der Waals surface area contributed by atoms with Crippen LogP contribution in [0, 0.1) is 0 Å². The first-order valence-electron chi connectivity index (χ1n) is 18.1. The van der Waals surface area contributed by atoms with Gasteiger partial charge in [0.1, 0.15) is 0 Å². The molecule has 0 saturated carbocycles. The van der Waals surface area contributed by atoms with E-state index in [2.05, 4.69) is 31.3 Å². The molecular formula is C37H71NO4. The Balaban J connectivity index is 3.74. The van der Waals surface area contributed by atoms with Crippen LogP contribution in [0.25, 0.3) is 0 Å². The molecule has 3 unspecified atom stereocenters. The molecule has 0 spiro atoms. The van der Waals surface area contributed by atoms with Crippen molar-refractivity contribution in [3.63, 3.8) is 0 Å². The van der Waals surface area contributed by atoms with Crippen LogP contribution >= 0.6 is 0 Å². The molecule has 5 heteroatoms. The maximum Gasteiger partial charge on any atom is 0.222 e. The lowest BCUT2D eigenvalue weighted by molar-refractivity contribution is -0.124. The van der Waals surface area contributed by atoms with E-state index in [-0.39, 0.29) is 18.9 Å². The molecule has 0 fully saturated rings. The summed E-state index contributed by atoms with van der Waals surface area (Å²) >= 11 is 0. The number of rotatable bonds is 32. The van der Waals surface area contributed by atoms with Gasteiger partial charge in [-0.1, -0.05) is 154 Å². The fourth-order valence-corrected chi connectivity index (χ4v) is 5.39. The van der Waals surface area contributed by atoms with Gasteiger partial charge in [-0.2, -0.15) is 0 Å². The summed E-state index contributed by atoms with van der Waals surface area (Å²) in [5.74, 6) is -0.327. The average Bonchev–Trinajstić information content (AvgIpc) is 2.98. The third kappa shape index (κ3) is 28.9. The first kappa shape index (κ1) is 40.8. The van der Waals surface area contributed by atoms with Gasteiger partial charge in [0.25, 0.3) is 0 Å². The number of nitrogens with one attached hydrogen (secondary N) is 1. The number of aliphatic hydroxyl groups is 3. The maximum absolute atomic E-state index is 12.3. The molecule has 0 aliphatic heterocycles. The second kappa shape index (κ2) is 32.7. The zero-order chi connectivity index (χ0) is 30.9. The molecule has 1 amide bonds. The van der Waals surface area contributed by atoms with Crippen molar-refractivity contribution < 1.29 is 20.1 Å². The zero-order valence-electron chi connectivity index (χ0n) is 27.9. The zero-order valence-corrected chi connectivity index (χ0v) is 27.9. The lowest BCUT2D eigenvalue weighted by atomic mass is 10.0. The van der Waals surface area contributed by atoms with Gasteiger partial charge in [0.15, 0.2) is 0 Å². The molecule has 0 aromatic carbocycles. The molecule has 0 aliphatic rings. The number of unbranched alkanes of at least 4 members (excludes halogenated alkanes) is 21. The van der Waals surface area contributed by atoms with E-state index >= 15 is 0 Å². The van der Waals surface area contributed by atoms with Crippen molar-refractivity contribution in [1.29, 1.82) is 0 Å². The number of aliphatic hydroxyl groups excluding tert-OH is 3. The summed E-state index contributed by atoms with van der Waals surface area (Å²) in [5, 5.41) is 32.9. The molecule has 0 bridgehead atoms. The number of amides is 1. The quantitative estimate of drug-likeness (QED) is 0.0462. The summed E-state index contributed by atoms with van der Waals surface area (Å²) in [5.41, 5.74) is 0. The molecule has 248 valence electrons. The summed E-state index contributed by atoms with van der Waals surface area (Å²) in [6.45, 7) is 4.16. The third-order valence-corrected chi connectivity index (χ3v) is 8.23. The molecule has 0 aliphatic carbocycles. The fourth-order valence-electron chi connectivity index (χ4n) is 5.39. The topological polar surface area (TPSA) is 89.8 Å². The van der Waals surface area contributed by atoms with Gasteiger partial charge in [0, 0.05) is 0 Å². The van der Waals surface area contributed by atoms with E-state index in [1.54, 1.807) is 6.08 Å². The lowest BCUT2D eigenvalue weighted by Gasteiger charge is -2.21. The summed E-state index contributed by atoms with van der Waals surface area (Å²) < 4.78 is 0. The molecule has 0 aromatic rings. The summed E-state index contributed by atoms with van der Waals surface area (Å²) in [6, 6.07) is -0.744. The molecule has 4 N–H and O–H groups in total. The van der Waals surface area contributed by atoms with Crippen LogP contribution in [0.2, 0.25) is 0 Å². The molecule has 0 rings (SSSR count). The van der Waals surface area contributed by atoms with Crippen LogP contribution in [0.3, 0.4) is 0 Å². The molecule has 42 heavy (non-hydrogen) atoms. The largest absolute Gasteiger partial charge is 0.394 e. The number of hydrogen-bond donors (Lipinski definition) is 4. The van der Waals surface area contributed by atoms with Crippen LogP contribution < -0.4 is 5.32 Å². The van der Waals surface area contributed by atoms with Crippen LogP contribution in [0.1, 0.15) is 181 Å². The Labute approximate surface area is 261 Å². The molecule has 0 aromatic heterocycles. The van der Waals surface area contributed by atoms with Gasteiger partial charge >= 0.3 is 0 Å². The van der Waals surface area contributed by atoms with Gasteiger partial charge in [0.05, 0.1) is 31.3 Å². The Morgan fingerprint density at radius 1 is 0.595 bits per heavy atom. The first-order valence-corrected chi connectivity index (χ1v) is 18.1. The molecule has 3 atom stereocenters. The monoisotopic (exact) mass is 594 g/mol. The van der Waals surface area contributed by atoms with Crippen molar-refractivity contribution in [3.8, 4) is 0 Å². The first-order chi connectivity index (χ1) is 20.5. The van der Waals surface area contributed by atoms with E-state index in [0.717, 1.165) is 38.5 Å². The predicted molar refractivity (Wildman–Crippen MR) is 181 cm³/mol. The van der Waals surface area contributed by atoms with Crippen LogP contribution in [0.5, 0.6) is 0 Å². The Morgan fingerprint density at radius 2 is 1.00 bits per heavy atom. The molecular weight excluding hydrogens is 522 g/mol. The highest BCUT2D eigenvalue weighted by molar-refractivity contribution is 5.76. The normalized spacial score (nSPS) is 14.1. The number of hydrogen-bond acceptors (Lipinski definition) is 4. The van der Waals surface area contributed by atoms with Crippen molar-refractivity contribution in [3.05, 3.63) is 24.3 Å². The Morgan fingerprint density at radius 3 is 1.50 bits per heavy atom. The second-order valence-corrected chi connectivity index (χ2v) is 12.5. The van der Waals surface area contributed by atoms with Crippen LogP contribution in [0.15, 0.2) is 24.3 Å². The minimum atomic E-state index is -0.928. The van der Waals surface area contributed by atoms with E-state index in [0.29, 0.717) is 6.42 Å². The van der Waals surface area contributed by atoms with Crippen molar-refractivity contribution in [2.75, 3.05) is 6.61 Å². The van der Waals surface area contributed by atoms with Crippen molar-refractivity contribution in [2.24, 2.45) is 0 Å². The Hall–Kier alpha value is -1.17. The number of carbonyl (C=O) groups is 1. The van der Waals surface area contributed by atoms with E-state index in [9.17, 15) is 20.1 Å². The van der Waals surface area contributed by atoms with E-state index in [4.69, 9.17) is 0 Å². The molecule has 5 nitrogen and oxygen atoms in total. The highest BCUT2D eigenvalue weighted by Gasteiger charge is 2.20. The molecule has 0 heterocycles. The van der Waals surface area contributed by atoms with Crippen LogP contribution in [0.4, 0.5) is 0 Å². The summed E-state index contributed by atoms with van der Waals surface area (Å²) in [7, 11) is 0. The lowest BCUT2D eigenvalue weighted by Crippen LogP contribution is -2.45. The Kier molecular flexibility index (Phi) is 31.8. The van der Waals surface area contributed by atoms with Gasteiger partial charge in [-0.15, -0.1) is 0 Å². The molecule has 0 radical (unpaired) electrons. The fraction of sp³-hybridized carbons (Fsp3) is 0.865. The van der Waals surface area contributed by atoms with Crippen LogP contribution in [-0.2, 0) is 4.79 Å². The second-order valence-electron chi connectivity index (χ2n) is 12.5. The third-order valence-electron chi connectivity index (χ3n) is 8.23. The standard InChI is InChI=1S/C37H71NO4/c1-3-5-7-9-11-13-15-16-17-18-19-20-21-23-25-27-29-31-36(41)35(33-39)38-37(42)32-34(40)30-28-26-24-22-14-12-10-8-6-4-2/h12,14,29,31,34-36,39-41H,3-11,13,15-28,30,32-33H2,1-2H3,(H,38,42)/b14-12-,31-29+. The predicted octanol–water partition coefficient (Wildman–Crippen LogP) is 9.48. The highest BCUT2D eigenvalue weighted by Crippen LogP contribution is 2.14. The highest BCUT2D eigenvalue weighted by atomic mass is 16.3. The van der Waals surface area contributed by atoms with Crippen LogP contribution in [-0.4, -0.2) is 46.1 Å². The van der Waals surface area contributed by atoms with Gasteiger partial charge in [-0.25, -0.2) is 0 Å². The van der Waals surface area contributed by atoms with Gasteiger partial charge in [-0.3, -0.25) is 4.79 Å². The van der Waals surface area contributed by atoms with E-state index in [1.165, 1.54) is 116 Å². The summed E-state index contributed by atoms with van der Waals surface area (Å²) in [4.78, 5) is 12.3. The van der Waals surface area contributed by atoms with E-state index < -0.39 is 18.2 Å².